The van der Waals surface area contributed by atoms with Crippen molar-refractivity contribution in [1.82, 2.24) is 5.32 Å². The molecule has 3 nitrogen and oxygen atoms in total. The SMILES string of the molecule is O=C(CCc1cc(Cl)cs1)NCC1(O)CCSC1. The summed E-state index contributed by atoms with van der Waals surface area (Å²) in [7, 11) is 0. The van der Waals surface area contributed by atoms with Gasteiger partial charge in [0.25, 0.3) is 0 Å². The Balaban J connectivity index is 1.69. The molecule has 1 amide bonds. The van der Waals surface area contributed by atoms with Gasteiger partial charge in [0.15, 0.2) is 0 Å². The second-order valence-corrected chi connectivity index (χ2v) is 7.07. The number of thiophene rings is 1. The van der Waals surface area contributed by atoms with Crippen molar-refractivity contribution in [3.63, 3.8) is 0 Å². The zero-order valence-electron chi connectivity index (χ0n) is 9.95. The van der Waals surface area contributed by atoms with Crippen molar-refractivity contribution < 1.29 is 9.90 Å². The third kappa shape index (κ3) is 4.16. The highest BCUT2D eigenvalue weighted by atomic mass is 35.5. The summed E-state index contributed by atoms with van der Waals surface area (Å²) in [6.07, 6.45) is 1.91. The summed E-state index contributed by atoms with van der Waals surface area (Å²) >= 11 is 9.12. The van der Waals surface area contributed by atoms with Gasteiger partial charge in [-0.1, -0.05) is 11.6 Å². The number of carbonyl (C=O) groups is 1. The van der Waals surface area contributed by atoms with Gasteiger partial charge in [0.2, 0.25) is 5.91 Å². The van der Waals surface area contributed by atoms with Crippen LogP contribution in [-0.4, -0.2) is 34.7 Å². The number of hydrogen-bond donors (Lipinski definition) is 2. The molecule has 0 radical (unpaired) electrons. The molecule has 1 fully saturated rings. The predicted molar refractivity (Wildman–Crippen MR) is 77.6 cm³/mol. The molecular formula is C12H16ClNO2S2. The van der Waals surface area contributed by atoms with E-state index in [0.717, 1.165) is 22.1 Å². The predicted octanol–water partition coefficient (Wildman–Crippen LogP) is 2.32. The standard InChI is InChI=1S/C12H16ClNO2S2/c13-9-5-10(18-6-9)1-2-11(15)14-7-12(16)3-4-17-8-12/h5-6,16H,1-4,7-8H2,(H,14,15). The number of hydrogen-bond acceptors (Lipinski definition) is 4. The first-order chi connectivity index (χ1) is 8.57. The second-order valence-electron chi connectivity index (χ2n) is 4.53. The molecule has 1 aromatic heterocycles. The number of halogens is 1. The van der Waals surface area contributed by atoms with Crippen LogP contribution in [0.5, 0.6) is 0 Å². The molecule has 1 saturated heterocycles. The molecule has 6 heteroatoms. The number of amides is 1. The van der Waals surface area contributed by atoms with Gasteiger partial charge >= 0.3 is 0 Å². The molecule has 0 spiro atoms. The van der Waals surface area contributed by atoms with Crippen LogP contribution in [0, 0.1) is 0 Å². The third-order valence-electron chi connectivity index (χ3n) is 2.92. The van der Waals surface area contributed by atoms with E-state index in [1.165, 1.54) is 0 Å². The van der Waals surface area contributed by atoms with Crippen molar-refractivity contribution in [3.8, 4) is 0 Å². The highest BCUT2D eigenvalue weighted by Crippen LogP contribution is 2.27. The number of nitrogens with one attached hydrogen (secondary N) is 1. The summed E-state index contributed by atoms with van der Waals surface area (Å²) in [4.78, 5) is 12.8. The molecule has 2 rings (SSSR count). The summed E-state index contributed by atoms with van der Waals surface area (Å²) in [6.45, 7) is 0.365. The van der Waals surface area contributed by atoms with Crippen LogP contribution in [0.2, 0.25) is 5.02 Å². The third-order valence-corrected chi connectivity index (χ3v) is 5.50. The molecule has 0 aromatic carbocycles. The zero-order valence-corrected chi connectivity index (χ0v) is 12.3. The van der Waals surface area contributed by atoms with Crippen LogP contribution in [0.15, 0.2) is 11.4 Å². The minimum atomic E-state index is -0.702. The Labute approximate surface area is 120 Å². The number of aliphatic hydroxyl groups is 1. The first-order valence-electron chi connectivity index (χ1n) is 5.87. The van der Waals surface area contributed by atoms with Crippen LogP contribution in [0.3, 0.4) is 0 Å². The van der Waals surface area contributed by atoms with Crippen molar-refractivity contribution in [2.45, 2.75) is 24.9 Å². The molecule has 100 valence electrons. The monoisotopic (exact) mass is 305 g/mol. The molecule has 2 N–H and O–H groups in total. The Morgan fingerprint density at radius 3 is 3.06 bits per heavy atom. The van der Waals surface area contributed by atoms with Crippen molar-refractivity contribution in [2.75, 3.05) is 18.1 Å². The minimum absolute atomic E-state index is 0.00940. The van der Waals surface area contributed by atoms with E-state index in [1.807, 2.05) is 11.4 Å². The van der Waals surface area contributed by atoms with Crippen LogP contribution in [0.4, 0.5) is 0 Å². The van der Waals surface area contributed by atoms with E-state index in [2.05, 4.69) is 5.32 Å². The number of carbonyl (C=O) groups excluding carboxylic acids is 1. The summed E-state index contributed by atoms with van der Waals surface area (Å²) < 4.78 is 0. The maximum atomic E-state index is 11.7. The van der Waals surface area contributed by atoms with E-state index in [4.69, 9.17) is 11.6 Å². The molecular weight excluding hydrogens is 290 g/mol. The van der Waals surface area contributed by atoms with Gasteiger partial charge in [-0.3, -0.25) is 4.79 Å². The molecule has 1 aliphatic rings. The lowest BCUT2D eigenvalue weighted by molar-refractivity contribution is -0.122. The Bertz CT molecular complexity index is 416. The van der Waals surface area contributed by atoms with Crippen LogP contribution >= 0.6 is 34.7 Å². The van der Waals surface area contributed by atoms with E-state index < -0.39 is 5.60 Å². The lowest BCUT2D eigenvalue weighted by Gasteiger charge is -2.21. The first kappa shape index (κ1) is 14.2. The maximum Gasteiger partial charge on any atom is 0.220 e. The van der Waals surface area contributed by atoms with Crippen molar-refractivity contribution in [1.29, 1.82) is 0 Å². The fourth-order valence-electron chi connectivity index (χ4n) is 1.81. The van der Waals surface area contributed by atoms with Crippen LogP contribution in [-0.2, 0) is 11.2 Å². The average Bonchev–Trinajstić information content (AvgIpc) is 2.94. The normalized spacial score (nSPS) is 23.2. The number of thioether (sulfide) groups is 1. The maximum absolute atomic E-state index is 11.7. The van der Waals surface area contributed by atoms with E-state index in [9.17, 15) is 9.90 Å². The quantitative estimate of drug-likeness (QED) is 0.878. The van der Waals surface area contributed by atoms with E-state index in [0.29, 0.717) is 25.1 Å². The number of aryl methyl sites for hydroxylation is 1. The molecule has 2 heterocycles. The van der Waals surface area contributed by atoms with E-state index >= 15 is 0 Å². The van der Waals surface area contributed by atoms with Gasteiger partial charge in [0, 0.05) is 29.0 Å². The molecule has 1 unspecified atom stereocenters. The topological polar surface area (TPSA) is 49.3 Å². The molecule has 0 bridgehead atoms. The van der Waals surface area contributed by atoms with Gasteiger partial charge < -0.3 is 10.4 Å². The van der Waals surface area contributed by atoms with Gasteiger partial charge in [-0.2, -0.15) is 11.8 Å². The van der Waals surface area contributed by atoms with Crippen molar-refractivity contribution in [3.05, 3.63) is 21.3 Å². The Kier molecular flexibility index (Phi) is 4.95. The lowest BCUT2D eigenvalue weighted by Crippen LogP contribution is -2.42. The van der Waals surface area contributed by atoms with Crippen LogP contribution in [0.1, 0.15) is 17.7 Å². The largest absolute Gasteiger partial charge is 0.387 e. The molecule has 0 aliphatic carbocycles. The minimum Gasteiger partial charge on any atom is -0.387 e. The summed E-state index contributed by atoms with van der Waals surface area (Å²) in [5.74, 6) is 1.68. The molecule has 1 atom stereocenters. The molecule has 18 heavy (non-hydrogen) atoms. The van der Waals surface area contributed by atoms with Gasteiger partial charge in [0.05, 0.1) is 10.6 Å². The van der Waals surface area contributed by atoms with E-state index in [-0.39, 0.29) is 5.91 Å². The zero-order chi connectivity index (χ0) is 13.0. The van der Waals surface area contributed by atoms with Gasteiger partial charge in [-0.05, 0) is 24.7 Å². The molecule has 0 saturated carbocycles. The highest BCUT2D eigenvalue weighted by molar-refractivity contribution is 7.99. The highest BCUT2D eigenvalue weighted by Gasteiger charge is 2.31. The van der Waals surface area contributed by atoms with Gasteiger partial charge in [0.1, 0.15) is 0 Å². The van der Waals surface area contributed by atoms with Crippen LogP contribution < -0.4 is 5.32 Å². The van der Waals surface area contributed by atoms with Crippen molar-refractivity contribution in [2.24, 2.45) is 0 Å². The summed E-state index contributed by atoms with van der Waals surface area (Å²) in [5.41, 5.74) is -0.702. The smallest absolute Gasteiger partial charge is 0.220 e. The van der Waals surface area contributed by atoms with Gasteiger partial charge in [-0.25, -0.2) is 0 Å². The Morgan fingerprint density at radius 1 is 1.61 bits per heavy atom. The van der Waals surface area contributed by atoms with Crippen LogP contribution in [0.25, 0.3) is 0 Å². The molecule has 1 aromatic rings. The Morgan fingerprint density at radius 2 is 2.44 bits per heavy atom. The summed E-state index contributed by atoms with van der Waals surface area (Å²) in [6, 6.07) is 1.89. The second kappa shape index (κ2) is 6.28. The Hall–Kier alpha value is -0.230. The fraction of sp³-hybridized carbons (Fsp3) is 0.583. The number of rotatable bonds is 5. The van der Waals surface area contributed by atoms with Crippen molar-refractivity contribution >= 4 is 40.6 Å². The van der Waals surface area contributed by atoms with Gasteiger partial charge in [-0.15, -0.1) is 11.3 Å². The van der Waals surface area contributed by atoms with E-state index in [1.54, 1.807) is 23.1 Å². The fourth-order valence-corrected chi connectivity index (χ4v) is 4.18. The average molecular weight is 306 g/mol. The lowest BCUT2D eigenvalue weighted by atomic mass is 10.0. The summed E-state index contributed by atoms with van der Waals surface area (Å²) in [5, 5.41) is 15.5. The first-order valence-corrected chi connectivity index (χ1v) is 8.28. The molecule has 1 aliphatic heterocycles.